The molecule has 9 nitrogen and oxygen atoms in total. The van der Waals surface area contributed by atoms with Gasteiger partial charge in [0.2, 0.25) is 8.03 Å². The van der Waals surface area contributed by atoms with Crippen LogP contribution in [0.4, 0.5) is 0 Å². The first kappa shape index (κ1) is 17.2. The van der Waals surface area contributed by atoms with Gasteiger partial charge in [0.05, 0.1) is 7.11 Å². The molecule has 17 heavy (non-hydrogen) atoms. The maximum absolute atomic E-state index is 11.9. The van der Waals surface area contributed by atoms with Gasteiger partial charge in [-0.3, -0.25) is 13.3 Å². The monoisotopic (exact) mass is 312 g/mol. The minimum Gasteiger partial charge on any atom is -0.332 e. The first-order valence-electron chi connectivity index (χ1n) is 4.04. The van der Waals surface area contributed by atoms with E-state index >= 15 is 0 Å². The number of rotatable bonds is 8. The molecule has 0 aromatic rings. The van der Waals surface area contributed by atoms with E-state index in [0.717, 1.165) is 28.4 Å². The Hall–Kier alpha value is 0.210. The summed E-state index contributed by atoms with van der Waals surface area (Å²) >= 11 is 0. The molecule has 0 bridgehead atoms. The van der Waals surface area contributed by atoms with Crippen molar-refractivity contribution in [3.63, 3.8) is 0 Å². The Kier molecular flexibility index (Phi) is 7.05. The van der Waals surface area contributed by atoms with Crippen molar-refractivity contribution in [3.8, 4) is 0 Å². The number of hydrogen-bond donors (Lipinski definition) is 0. The summed E-state index contributed by atoms with van der Waals surface area (Å²) < 4.78 is 67.2. The predicted molar refractivity (Wildman–Crippen MR) is 58.4 cm³/mol. The van der Waals surface area contributed by atoms with Crippen molar-refractivity contribution < 1.29 is 39.5 Å². The first-order chi connectivity index (χ1) is 7.76. The normalized spacial score (nSPS) is 16.7. The van der Waals surface area contributed by atoms with Crippen molar-refractivity contribution in [2.24, 2.45) is 0 Å². The zero-order chi connectivity index (χ0) is 13.7. The summed E-state index contributed by atoms with van der Waals surface area (Å²) in [5.41, 5.74) is -1.91. The lowest BCUT2D eigenvalue weighted by molar-refractivity contribution is 0.197. The first-order valence-corrected chi connectivity index (χ1v) is 8.38. The smallest absolute Gasteiger partial charge is 0.332 e. The molecule has 0 rings (SSSR count). The minimum absolute atomic E-state index is 0.820. The fourth-order valence-corrected chi connectivity index (χ4v) is 5.16. The van der Waals surface area contributed by atoms with Gasteiger partial charge in [-0.15, -0.1) is 0 Å². The van der Waals surface area contributed by atoms with Gasteiger partial charge in [0.15, 0.2) is 0 Å². The molecule has 0 aromatic carbocycles. The van der Waals surface area contributed by atoms with Crippen LogP contribution in [-0.2, 0) is 41.5 Å². The van der Waals surface area contributed by atoms with Gasteiger partial charge in [0.25, 0.3) is 5.59 Å². The van der Waals surface area contributed by atoms with E-state index < -0.39 is 31.6 Å². The molecule has 0 spiro atoms. The second kappa shape index (κ2) is 6.96. The third kappa shape index (κ3) is 4.76. The van der Waals surface area contributed by atoms with Crippen LogP contribution in [-0.4, -0.2) is 42.4 Å². The summed E-state index contributed by atoms with van der Waals surface area (Å²) in [5, 5.41) is 0. The van der Waals surface area contributed by atoms with Crippen molar-refractivity contribution in [1.29, 1.82) is 0 Å². The fourth-order valence-electron chi connectivity index (χ4n) is 0.739. The zero-order valence-electron chi connectivity index (χ0n) is 9.61. The Labute approximate surface area is 100 Å². The molecule has 2 atom stereocenters. The molecule has 0 saturated heterocycles. The van der Waals surface area contributed by atoms with Gasteiger partial charge in [-0.25, -0.2) is 4.18 Å². The van der Waals surface area contributed by atoms with Gasteiger partial charge in [-0.2, -0.15) is 8.42 Å². The van der Waals surface area contributed by atoms with Gasteiger partial charge in [0.1, 0.15) is 0 Å². The van der Waals surface area contributed by atoms with Crippen LogP contribution < -0.4 is 0 Å². The molecule has 0 aliphatic carbocycles. The number of hydrogen-bond acceptors (Lipinski definition) is 9. The average Bonchev–Trinajstić information content (AvgIpc) is 2.34. The molecular formula is C5H14O9P2S. The Balaban J connectivity index is 5.30. The quantitative estimate of drug-likeness (QED) is 0.600. The highest BCUT2D eigenvalue weighted by Crippen LogP contribution is 2.61. The molecule has 0 saturated carbocycles. The van der Waals surface area contributed by atoms with Gasteiger partial charge in [-0.1, -0.05) is 0 Å². The molecule has 0 heterocycles. The Morgan fingerprint density at radius 1 is 1.12 bits per heavy atom. The van der Waals surface area contributed by atoms with Gasteiger partial charge >= 0.3 is 18.0 Å². The molecule has 0 aromatic heterocycles. The topological polar surface area (TPSA) is 114 Å². The van der Waals surface area contributed by atoms with E-state index in [4.69, 9.17) is 0 Å². The lowest BCUT2D eigenvalue weighted by Gasteiger charge is -2.21. The third-order valence-corrected chi connectivity index (χ3v) is 6.96. The molecular weight excluding hydrogens is 298 g/mol. The summed E-state index contributed by atoms with van der Waals surface area (Å²) in [5.74, 6) is 0. The van der Waals surface area contributed by atoms with Crippen LogP contribution in [0.2, 0.25) is 0 Å². The van der Waals surface area contributed by atoms with Crippen molar-refractivity contribution in [2.75, 3.05) is 28.4 Å². The molecule has 0 fully saturated rings. The van der Waals surface area contributed by atoms with Crippen LogP contribution in [0, 0.1) is 0 Å². The van der Waals surface area contributed by atoms with Crippen molar-refractivity contribution in [1.82, 2.24) is 0 Å². The second-order valence-electron chi connectivity index (χ2n) is 2.45. The largest absolute Gasteiger partial charge is 0.401 e. The molecule has 0 radical (unpaired) electrons. The minimum atomic E-state index is -4.46. The predicted octanol–water partition coefficient (Wildman–Crippen LogP) is 0.785. The van der Waals surface area contributed by atoms with E-state index in [0.29, 0.717) is 0 Å². The summed E-state index contributed by atoms with van der Waals surface area (Å²) in [6, 6.07) is 0. The maximum Gasteiger partial charge on any atom is 0.401 e. The SMILES string of the molecule is CO[PH](=O)C(OS(=O)(=O)OC)P(=O)(OC)OC. The summed E-state index contributed by atoms with van der Waals surface area (Å²) in [7, 11) is -7.81. The average molecular weight is 312 g/mol. The Bertz CT molecular complexity index is 396. The highest BCUT2D eigenvalue weighted by atomic mass is 32.3. The van der Waals surface area contributed by atoms with E-state index in [2.05, 4.69) is 21.9 Å². The molecule has 0 N–H and O–H groups in total. The Morgan fingerprint density at radius 3 is 1.88 bits per heavy atom. The maximum atomic E-state index is 11.9. The van der Waals surface area contributed by atoms with Crippen LogP contribution in [0.5, 0.6) is 0 Å². The van der Waals surface area contributed by atoms with Gasteiger partial charge in [0, 0.05) is 21.3 Å². The summed E-state index contributed by atoms with van der Waals surface area (Å²) in [4.78, 5) is 0. The lowest BCUT2D eigenvalue weighted by Crippen LogP contribution is -2.18. The van der Waals surface area contributed by atoms with E-state index in [1.54, 1.807) is 0 Å². The summed E-state index contributed by atoms with van der Waals surface area (Å²) in [6.07, 6.45) is 0. The van der Waals surface area contributed by atoms with E-state index in [1.165, 1.54) is 0 Å². The highest BCUT2D eigenvalue weighted by molar-refractivity contribution is 7.82. The Morgan fingerprint density at radius 2 is 1.59 bits per heavy atom. The standard InChI is InChI=1S/C5H14O9P2S/c1-10-15(6)5(14-17(8,9)13-4)16(7,11-2)12-3/h5,15H,1-4H3. The molecule has 104 valence electrons. The molecule has 0 aliphatic heterocycles. The zero-order valence-corrected chi connectivity index (χ0v) is 12.3. The van der Waals surface area contributed by atoms with Crippen molar-refractivity contribution >= 4 is 26.0 Å². The van der Waals surface area contributed by atoms with E-state index in [-0.39, 0.29) is 0 Å². The lowest BCUT2D eigenvalue weighted by atomic mass is 11.7. The van der Waals surface area contributed by atoms with Crippen LogP contribution in [0.15, 0.2) is 0 Å². The van der Waals surface area contributed by atoms with E-state index in [1.807, 2.05) is 0 Å². The van der Waals surface area contributed by atoms with Crippen LogP contribution in [0.25, 0.3) is 0 Å². The van der Waals surface area contributed by atoms with Gasteiger partial charge in [-0.05, 0) is 0 Å². The third-order valence-electron chi connectivity index (χ3n) is 1.61. The van der Waals surface area contributed by atoms with E-state index in [9.17, 15) is 17.5 Å². The molecule has 0 amide bonds. The molecule has 2 unspecified atom stereocenters. The van der Waals surface area contributed by atoms with Crippen LogP contribution in [0.1, 0.15) is 0 Å². The highest BCUT2D eigenvalue weighted by Gasteiger charge is 2.43. The van der Waals surface area contributed by atoms with Crippen molar-refractivity contribution in [2.45, 2.75) is 5.59 Å². The van der Waals surface area contributed by atoms with Gasteiger partial charge < -0.3 is 13.6 Å². The van der Waals surface area contributed by atoms with Crippen molar-refractivity contribution in [3.05, 3.63) is 0 Å². The molecule has 0 aliphatic rings. The van der Waals surface area contributed by atoms with Crippen LogP contribution >= 0.6 is 15.6 Å². The van der Waals surface area contributed by atoms with Crippen LogP contribution in [0.3, 0.4) is 0 Å². The second-order valence-corrected chi connectivity index (χ2v) is 8.13. The fraction of sp³-hybridized carbons (Fsp3) is 1.00. The summed E-state index contributed by atoms with van der Waals surface area (Å²) in [6.45, 7) is 0. The molecule has 12 heteroatoms.